The zero-order valence-corrected chi connectivity index (χ0v) is 11.5. The van der Waals surface area contributed by atoms with Gasteiger partial charge in [-0.3, -0.25) is 4.79 Å². The lowest BCUT2D eigenvalue weighted by Gasteiger charge is -2.11. The Morgan fingerprint density at radius 2 is 2.15 bits per heavy atom. The summed E-state index contributed by atoms with van der Waals surface area (Å²) in [5.41, 5.74) is 0.945. The van der Waals surface area contributed by atoms with Gasteiger partial charge >= 0.3 is 5.97 Å². The van der Waals surface area contributed by atoms with Crippen molar-refractivity contribution < 1.29 is 14.3 Å². The van der Waals surface area contributed by atoms with Crippen molar-refractivity contribution in [1.82, 2.24) is 9.78 Å². The first-order chi connectivity index (χ1) is 9.38. The molecule has 20 heavy (non-hydrogen) atoms. The zero-order chi connectivity index (χ0) is 14.9. The Morgan fingerprint density at radius 3 is 2.65 bits per heavy atom. The second-order valence-corrected chi connectivity index (χ2v) is 4.63. The van der Waals surface area contributed by atoms with Gasteiger partial charge in [0.25, 0.3) is 5.56 Å². The van der Waals surface area contributed by atoms with Crippen LogP contribution in [-0.4, -0.2) is 35.0 Å². The molecule has 0 spiro atoms. The van der Waals surface area contributed by atoms with E-state index in [1.54, 1.807) is 24.1 Å². The van der Waals surface area contributed by atoms with Gasteiger partial charge in [-0.2, -0.15) is 5.10 Å². The molecule has 106 valence electrons. The van der Waals surface area contributed by atoms with Crippen LogP contribution in [0.1, 0.15) is 21.9 Å². The minimum Gasteiger partial charge on any atom is -0.475 e. The van der Waals surface area contributed by atoms with Crippen LogP contribution in [0.2, 0.25) is 0 Å². The van der Waals surface area contributed by atoms with Crippen LogP contribution < -0.4 is 10.5 Å². The number of carboxylic acids is 1. The van der Waals surface area contributed by atoms with Gasteiger partial charge in [-0.25, -0.2) is 9.48 Å². The average molecular weight is 277 g/mol. The van der Waals surface area contributed by atoms with Gasteiger partial charge in [-0.1, -0.05) is 0 Å². The van der Waals surface area contributed by atoms with Crippen molar-refractivity contribution in [2.75, 3.05) is 19.0 Å². The molecule has 2 rings (SSSR count). The molecule has 0 saturated carbocycles. The van der Waals surface area contributed by atoms with E-state index in [-0.39, 0.29) is 17.9 Å². The van der Waals surface area contributed by atoms with Gasteiger partial charge in [0, 0.05) is 25.7 Å². The lowest BCUT2D eigenvalue weighted by atomic mass is 10.2. The molecule has 7 heteroatoms. The molecule has 0 amide bonds. The molecule has 0 unspecified atom stereocenters. The SMILES string of the molecule is Cc1cc(Cn2ncc(N(C)C)cc2=O)oc1C(=O)O. The summed E-state index contributed by atoms with van der Waals surface area (Å²) in [4.78, 5) is 24.6. The predicted molar refractivity (Wildman–Crippen MR) is 72.3 cm³/mol. The summed E-state index contributed by atoms with van der Waals surface area (Å²) in [6.07, 6.45) is 1.56. The van der Waals surface area contributed by atoms with Gasteiger partial charge in [0.15, 0.2) is 0 Å². The highest BCUT2D eigenvalue weighted by Crippen LogP contribution is 2.15. The Morgan fingerprint density at radius 1 is 1.45 bits per heavy atom. The quantitative estimate of drug-likeness (QED) is 0.895. The van der Waals surface area contributed by atoms with Gasteiger partial charge in [0.2, 0.25) is 5.76 Å². The Hall–Kier alpha value is -2.57. The summed E-state index contributed by atoms with van der Waals surface area (Å²) >= 11 is 0. The average Bonchev–Trinajstić information content (AvgIpc) is 2.73. The molecular weight excluding hydrogens is 262 g/mol. The van der Waals surface area contributed by atoms with Gasteiger partial charge in [0.05, 0.1) is 11.9 Å². The fourth-order valence-corrected chi connectivity index (χ4v) is 1.77. The molecule has 0 aliphatic rings. The zero-order valence-electron chi connectivity index (χ0n) is 11.5. The Balaban J connectivity index is 2.29. The molecule has 0 aliphatic heterocycles. The molecule has 0 bridgehead atoms. The molecule has 0 aromatic carbocycles. The maximum Gasteiger partial charge on any atom is 0.372 e. The molecule has 2 heterocycles. The van der Waals surface area contributed by atoms with Gasteiger partial charge in [-0.15, -0.1) is 0 Å². The number of aryl methyl sites for hydroxylation is 1. The number of nitrogens with zero attached hydrogens (tertiary/aromatic N) is 3. The molecule has 0 radical (unpaired) electrons. The van der Waals surface area contributed by atoms with Crippen molar-refractivity contribution in [2.24, 2.45) is 0 Å². The highest BCUT2D eigenvalue weighted by molar-refractivity contribution is 5.86. The van der Waals surface area contributed by atoms with E-state index in [1.165, 1.54) is 10.7 Å². The van der Waals surface area contributed by atoms with E-state index in [0.717, 1.165) is 0 Å². The van der Waals surface area contributed by atoms with Crippen molar-refractivity contribution >= 4 is 11.7 Å². The summed E-state index contributed by atoms with van der Waals surface area (Å²) in [6.45, 7) is 1.74. The number of hydrogen-bond donors (Lipinski definition) is 1. The standard InChI is InChI=1S/C13H15N3O4/c1-8-4-10(20-12(8)13(18)19)7-16-11(17)5-9(6-14-16)15(2)3/h4-6H,7H2,1-3H3,(H,18,19). The molecular formula is C13H15N3O4. The van der Waals surface area contributed by atoms with Gasteiger partial charge < -0.3 is 14.4 Å². The van der Waals surface area contributed by atoms with Crippen LogP contribution in [0.4, 0.5) is 5.69 Å². The number of rotatable bonds is 4. The molecule has 2 aromatic heterocycles. The van der Waals surface area contributed by atoms with Crippen LogP contribution in [0.15, 0.2) is 27.5 Å². The number of aromatic carboxylic acids is 1. The summed E-state index contributed by atoms with van der Waals surface area (Å²) in [5.74, 6) is -0.859. The molecule has 0 fully saturated rings. The van der Waals surface area contributed by atoms with Crippen molar-refractivity contribution in [1.29, 1.82) is 0 Å². The van der Waals surface area contributed by atoms with Crippen LogP contribution in [0.3, 0.4) is 0 Å². The third-order valence-electron chi connectivity index (χ3n) is 2.84. The Labute approximate surface area is 115 Å². The van der Waals surface area contributed by atoms with E-state index in [2.05, 4.69) is 5.10 Å². The smallest absolute Gasteiger partial charge is 0.372 e. The monoisotopic (exact) mass is 277 g/mol. The lowest BCUT2D eigenvalue weighted by molar-refractivity contribution is 0.0659. The van der Waals surface area contributed by atoms with E-state index >= 15 is 0 Å². The maximum absolute atomic E-state index is 11.9. The first-order valence-corrected chi connectivity index (χ1v) is 5.95. The summed E-state index contributed by atoms with van der Waals surface area (Å²) in [6, 6.07) is 3.05. The number of carbonyl (C=O) groups is 1. The number of carboxylic acid groups (broad SMARTS) is 1. The number of furan rings is 1. The third-order valence-corrected chi connectivity index (χ3v) is 2.84. The number of hydrogen-bond acceptors (Lipinski definition) is 5. The van der Waals surface area contributed by atoms with E-state index in [0.29, 0.717) is 17.0 Å². The molecule has 0 atom stereocenters. The molecule has 2 aromatic rings. The highest BCUT2D eigenvalue weighted by atomic mass is 16.4. The summed E-state index contributed by atoms with van der Waals surface area (Å²) < 4.78 is 6.42. The normalized spacial score (nSPS) is 10.6. The lowest BCUT2D eigenvalue weighted by Crippen LogP contribution is -2.24. The van der Waals surface area contributed by atoms with Crippen LogP contribution in [0.25, 0.3) is 0 Å². The Bertz CT molecular complexity index is 700. The second kappa shape index (κ2) is 5.20. The van der Waals surface area contributed by atoms with E-state index in [9.17, 15) is 9.59 Å². The topological polar surface area (TPSA) is 88.6 Å². The van der Waals surface area contributed by atoms with Crippen molar-refractivity contribution in [3.05, 3.63) is 45.8 Å². The van der Waals surface area contributed by atoms with Crippen molar-refractivity contribution in [3.63, 3.8) is 0 Å². The van der Waals surface area contributed by atoms with Crippen LogP contribution in [0, 0.1) is 6.92 Å². The molecule has 0 saturated heterocycles. The third kappa shape index (κ3) is 2.71. The molecule has 1 N–H and O–H groups in total. The van der Waals surface area contributed by atoms with Crippen LogP contribution in [-0.2, 0) is 6.54 Å². The fraction of sp³-hybridized carbons (Fsp3) is 0.308. The summed E-state index contributed by atoms with van der Waals surface area (Å²) in [5, 5.41) is 12.9. The number of aromatic nitrogens is 2. The van der Waals surface area contributed by atoms with E-state index in [4.69, 9.17) is 9.52 Å². The van der Waals surface area contributed by atoms with E-state index < -0.39 is 5.97 Å². The Kier molecular flexibility index (Phi) is 3.60. The summed E-state index contributed by atoms with van der Waals surface area (Å²) in [7, 11) is 3.63. The first-order valence-electron chi connectivity index (χ1n) is 5.95. The van der Waals surface area contributed by atoms with Gasteiger partial charge in [-0.05, 0) is 13.0 Å². The van der Waals surface area contributed by atoms with Gasteiger partial charge in [0.1, 0.15) is 12.3 Å². The number of anilines is 1. The maximum atomic E-state index is 11.9. The van der Waals surface area contributed by atoms with Crippen molar-refractivity contribution in [2.45, 2.75) is 13.5 Å². The molecule has 0 aliphatic carbocycles. The van der Waals surface area contributed by atoms with Crippen LogP contribution >= 0.6 is 0 Å². The fourth-order valence-electron chi connectivity index (χ4n) is 1.77. The largest absolute Gasteiger partial charge is 0.475 e. The predicted octanol–water partition coefficient (Wildman–Crippen LogP) is 0.957. The van der Waals surface area contributed by atoms with E-state index in [1.807, 2.05) is 14.1 Å². The highest BCUT2D eigenvalue weighted by Gasteiger charge is 2.15. The van der Waals surface area contributed by atoms with Crippen LogP contribution in [0.5, 0.6) is 0 Å². The van der Waals surface area contributed by atoms with Crippen molar-refractivity contribution in [3.8, 4) is 0 Å². The minimum absolute atomic E-state index is 0.0979. The second-order valence-electron chi connectivity index (χ2n) is 4.63. The minimum atomic E-state index is -1.13. The first kappa shape index (κ1) is 13.9. The molecule has 7 nitrogen and oxygen atoms in total.